The topological polar surface area (TPSA) is 104 Å². The van der Waals surface area contributed by atoms with E-state index >= 15 is 0 Å². The molecule has 2 heterocycles. The summed E-state index contributed by atoms with van der Waals surface area (Å²) in [7, 11) is 0. The molecule has 3 N–H and O–H groups in total. The second kappa shape index (κ2) is 12.1. The number of halogens is 1. The highest BCUT2D eigenvalue weighted by Gasteiger charge is 2.23. The molecule has 2 atom stereocenters. The Morgan fingerprint density at radius 1 is 1.19 bits per heavy atom. The lowest BCUT2D eigenvalue weighted by Crippen LogP contribution is -2.26. The first-order valence-electron chi connectivity index (χ1n) is 12.9. The van der Waals surface area contributed by atoms with Gasteiger partial charge < -0.3 is 20.4 Å². The summed E-state index contributed by atoms with van der Waals surface area (Å²) in [5, 5.41) is 22.5. The van der Waals surface area contributed by atoms with E-state index in [9.17, 15) is 14.3 Å². The lowest BCUT2D eigenvalue weighted by Gasteiger charge is -2.17. The molecule has 7 nitrogen and oxygen atoms in total. The van der Waals surface area contributed by atoms with Crippen molar-refractivity contribution in [2.45, 2.75) is 70.8 Å². The van der Waals surface area contributed by atoms with Gasteiger partial charge in [0.25, 0.3) is 5.56 Å². The fourth-order valence-corrected chi connectivity index (χ4v) is 4.72. The Labute approximate surface area is 216 Å². The molecule has 3 aromatic rings. The highest BCUT2D eigenvalue weighted by molar-refractivity contribution is 6.09. The first-order valence-corrected chi connectivity index (χ1v) is 12.9. The standard InChI is InChI=1S/C29H34FN5O2/c1-3-24(4-2)35-18-21(9-12-29(35)37)26-16-32-17-27(34-26)28(36)14-25(31)20-7-5-19(6-8-20)15-33-23-11-10-22(30)13-23/h5-9,12,14,16-18,22-24,31,33,36H,3-4,10-11,13,15H2,1-2H3/b28-14-,31-25?/t22?,23-/m1/s1. The normalized spacial score (nSPS) is 17.9. The molecule has 37 heavy (non-hydrogen) atoms. The molecule has 2 aromatic heterocycles. The zero-order valence-electron chi connectivity index (χ0n) is 21.3. The van der Waals surface area contributed by atoms with E-state index in [1.54, 1.807) is 23.0 Å². The van der Waals surface area contributed by atoms with Gasteiger partial charge in [-0.3, -0.25) is 9.78 Å². The molecular formula is C29H34FN5O2. The van der Waals surface area contributed by atoms with Crippen LogP contribution < -0.4 is 10.9 Å². The van der Waals surface area contributed by atoms with Gasteiger partial charge in [-0.15, -0.1) is 0 Å². The van der Waals surface area contributed by atoms with Crippen molar-refractivity contribution < 1.29 is 9.50 Å². The van der Waals surface area contributed by atoms with Gasteiger partial charge in [-0.05, 0) is 49.3 Å². The molecule has 0 bridgehead atoms. The van der Waals surface area contributed by atoms with Crippen LogP contribution in [-0.4, -0.2) is 37.6 Å². The SMILES string of the molecule is CCC(CC)n1cc(-c2cncc(/C(O)=C/C(=N)c3ccc(CN[C@@H]4CCC(F)C4)cc3)n2)ccc1=O. The maximum absolute atomic E-state index is 13.4. The molecule has 1 aliphatic carbocycles. The van der Waals surface area contributed by atoms with E-state index < -0.39 is 6.17 Å². The van der Waals surface area contributed by atoms with E-state index in [-0.39, 0.29) is 34.8 Å². The van der Waals surface area contributed by atoms with Crippen molar-refractivity contribution in [1.29, 1.82) is 5.41 Å². The number of aromatic nitrogens is 3. The second-order valence-electron chi connectivity index (χ2n) is 9.55. The number of rotatable bonds is 10. The van der Waals surface area contributed by atoms with Gasteiger partial charge in [0, 0.05) is 42.5 Å². The fourth-order valence-electron chi connectivity index (χ4n) is 4.72. The Morgan fingerprint density at radius 3 is 2.62 bits per heavy atom. The van der Waals surface area contributed by atoms with Gasteiger partial charge in [0.2, 0.25) is 0 Å². The van der Waals surface area contributed by atoms with Crippen LogP contribution in [0.2, 0.25) is 0 Å². The second-order valence-corrected chi connectivity index (χ2v) is 9.55. The van der Waals surface area contributed by atoms with Crippen molar-refractivity contribution in [2.75, 3.05) is 0 Å². The average molecular weight is 504 g/mol. The number of alkyl halides is 1. The van der Waals surface area contributed by atoms with Gasteiger partial charge >= 0.3 is 0 Å². The molecule has 4 rings (SSSR count). The molecule has 1 aliphatic rings. The van der Waals surface area contributed by atoms with Crippen LogP contribution in [0.1, 0.15) is 68.8 Å². The number of aliphatic hydroxyl groups excluding tert-OH is 1. The van der Waals surface area contributed by atoms with Crippen LogP contribution in [-0.2, 0) is 6.54 Å². The Bertz CT molecular complexity index is 1310. The van der Waals surface area contributed by atoms with Crippen molar-refractivity contribution >= 4 is 11.5 Å². The highest BCUT2D eigenvalue weighted by atomic mass is 19.1. The van der Waals surface area contributed by atoms with E-state index in [1.807, 2.05) is 38.1 Å². The number of hydrogen-bond donors (Lipinski definition) is 3. The summed E-state index contributed by atoms with van der Waals surface area (Å²) < 4.78 is 15.1. The molecule has 0 saturated heterocycles. The maximum atomic E-state index is 13.4. The van der Waals surface area contributed by atoms with E-state index in [2.05, 4.69) is 15.3 Å². The Hall–Kier alpha value is -3.65. The maximum Gasteiger partial charge on any atom is 0.250 e. The Balaban J connectivity index is 1.46. The number of pyridine rings is 1. The third kappa shape index (κ3) is 6.57. The summed E-state index contributed by atoms with van der Waals surface area (Å²) in [6, 6.07) is 11.1. The number of nitrogens with zero attached hydrogens (tertiary/aromatic N) is 3. The van der Waals surface area contributed by atoms with Crippen LogP contribution in [0, 0.1) is 5.41 Å². The van der Waals surface area contributed by atoms with Crippen LogP contribution in [0.15, 0.2) is 65.9 Å². The molecule has 0 aliphatic heterocycles. The smallest absolute Gasteiger partial charge is 0.250 e. The minimum atomic E-state index is -0.700. The van der Waals surface area contributed by atoms with E-state index in [0.29, 0.717) is 30.6 Å². The molecule has 8 heteroatoms. The average Bonchev–Trinajstić information content (AvgIpc) is 3.34. The molecular weight excluding hydrogens is 469 g/mol. The number of nitrogens with one attached hydrogen (secondary N) is 2. The lowest BCUT2D eigenvalue weighted by molar-refractivity contribution is 0.333. The summed E-state index contributed by atoms with van der Waals surface area (Å²) in [5.41, 5.74) is 3.29. The molecule has 194 valence electrons. The van der Waals surface area contributed by atoms with Crippen molar-refractivity contribution in [3.8, 4) is 11.3 Å². The Morgan fingerprint density at radius 2 is 1.95 bits per heavy atom. The first-order chi connectivity index (χ1) is 17.9. The number of benzene rings is 1. The minimum Gasteiger partial charge on any atom is -0.506 e. The van der Waals surface area contributed by atoms with Crippen molar-refractivity contribution in [1.82, 2.24) is 19.9 Å². The molecule has 0 radical (unpaired) electrons. The van der Waals surface area contributed by atoms with Gasteiger partial charge in [-0.2, -0.15) is 0 Å². The zero-order valence-corrected chi connectivity index (χ0v) is 21.3. The van der Waals surface area contributed by atoms with Gasteiger partial charge in [0.05, 0.1) is 23.8 Å². The molecule has 1 saturated carbocycles. The summed E-state index contributed by atoms with van der Waals surface area (Å²) >= 11 is 0. The predicted octanol–water partition coefficient (Wildman–Crippen LogP) is 5.61. The van der Waals surface area contributed by atoms with Gasteiger partial charge in [0.1, 0.15) is 17.6 Å². The highest BCUT2D eigenvalue weighted by Crippen LogP contribution is 2.23. The van der Waals surface area contributed by atoms with Crippen LogP contribution in [0.5, 0.6) is 0 Å². The summed E-state index contributed by atoms with van der Waals surface area (Å²) in [4.78, 5) is 21.1. The van der Waals surface area contributed by atoms with Crippen LogP contribution in [0.3, 0.4) is 0 Å². The predicted molar refractivity (Wildman–Crippen MR) is 145 cm³/mol. The molecule has 1 fully saturated rings. The monoisotopic (exact) mass is 503 g/mol. The van der Waals surface area contributed by atoms with Crippen molar-refractivity contribution in [2.24, 2.45) is 0 Å². The minimum absolute atomic E-state index is 0.0634. The molecule has 0 amide bonds. The third-order valence-corrected chi connectivity index (χ3v) is 6.98. The molecule has 0 spiro atoms. The zero-order chi connectivity index (χ0) is 26.4. The van der Waals surface area contributed by atoms with Gasteiger partial charge in [-0.25, -0.2) is 9.37 Å². The Kier molecular flexibility index (Phi) is 8.61. The summed E-state index contributed by atoms with van der Waals surface area (Å²) in [5.74, 6) is -0.166. The number of allylic oxidation sites excluding steroid dienone is 1. The number of aliphatic hydroxyl groups is 1. The number of hydrogen-bond acceptors (Lipinski definition) is 6. The first kappa shape index (κ1) is 26.4. The quantitative estimate of drug-likeness (QED) is 0.246. The van der Waals surface area contributed by atoms with Crippen LogP contribution in [0.25, 0.3) is 17.0 Å². The van der Waals surface area contributed by atoms with Gasteiger partial charge in [-0.1, -0.05) is 38.1 Å². The lowest BCUT2D eigenvalue weighted by atomic mass is 10.1. The van der Waals surface area contributed by atoms with Crippen LogP contribution >= 0.6 is 0 Å². The summed E-state index contributed by atoms with van der Waals surface area (Å²) in [6.07, 6.45) is 9.21. The van der Waals surface area contributed by atoms with Crippen LogP contribution in [0.4, 0.5) is 4.39 Å². The van der Waals surface area contributed by atoms with Gasteiger partial charge in [0.15, 0.2) is 0 Å². The largest absolute Gasteiger partial charge is 0.506 e. The summed E-state index contributed by atoms with van der Waals surface area (Å²) in [6.45, 7) is 4.75. The van der Waals surface area contributed by atoms with E-state index in [4.69, 9.17) is 5.41 Å². The fraction of sp³-hybridized carbons (Fsp3) is 0.379. The van der Waals surface area contributed by atoms with Crippen molar-refractivity contribution in [3.63, 3.8) is 0 Å². The van der Waals surface area contributed by atoms with E-state index in [0.717, 1.165) is 30.4 Å². The van der Waals surface area contributed by atoms with Crippen molar-refractivity contribution in [3.05, 3.63) is 88.2 Å². The third-order valence-electron chi connectivity index (χ3n) is 6.98. The van der Waals surface area contributed by atoms with E-state index in [1.165, 1.54) is 18.3 Å². The molecule has 1 unspecified atom stereocenters. The molecule has 1 aromatic carbocycles.